The summed E-state index contributed by atoms with van der Waals surface area (Å²) in [6.45, 7) is 4.08. The Morgan fingerprint density at radius 2 is 1.36 bits per heavy atom. The van der Waals surface area contributed by atoms with Gasteiger partial charge in [-0.1, -0.05) is 122 Å². The Labute approximate surface area is 301 Å². The molecule has 10 heteroatoms. The minimum Gasteiger partial charge on any atom is -0.463 e. The van der Waals surface area contributed by atoms with Gasteiger partial charge in [-0.15, -0.1) is 0 Å². The lowest BCUT2D eigenvalue weighted by atomic mass is 9.71. The van der Waals surface area contributed by atoms with Crippen molar-refractivity contribution >= 4 is 11.9 Å². The maximum Gasteiger partial charge on any atom is 0.306 e. The SMILES string of the molecule is CCCCCCCCCCCCCCCC(=O)OC1C2CC(O)C(CCCCC)C1C=CCCCCC(=O)OCC1OC(O2)C(O)C(O)C1O. The zero-order chi connectivity index (χ0) is 36.1. The van der Waals surface area contributed by atoms with Crippen molar-refractivity contribution < 1.29 is 49.0 Å². The third kappa shape index (κ3) is 14.8. The van der Waals surface area contributed by atoms with Gasteiger partial charge in [0.15, 0.2) is 6.29 Å². The summed E-state index contributed by atoms with van der Waals surface area (Å²) in [4.78, 5) is 25.7. The molecule has 3 aliphatic rings. The van der Waals surface area contributed by atoms with Crippen molar-refractivity contribution in [3.63, 3.8) is 0 Å². The second-order valence-electron chi connectivity index (χ2n) is 15.0. The molecule has 4 N–H and O–H groups in total. The van der Waals surface area contributed by atoms with E-state index in [1.807, 2.05) is 12.2 Å². The van der Waals surface area contributed by atoms with Crippen molar-refractivity contribution in [3.8, 4) is 0 Å². The average Bonchev–Trinajstić information content (AvgIpc) is 3.10. The molecule has 3 rings (SSSR count). The van der Waals surface area contributed by atoms with Crippen LogP contribution in [0.5, 0.6) is 0 Å². The van der Waals surface area contributed by atoms with Crippen molar-refractivity contribution in [2.75, 3.05) is 6.61 Å². The molecule has 0 aromatic heterocycles. The zero-order valence-corrected chi connectivity index (χ0v) is 31.1. The van der Waals surface area contributed by atoms with E-state index in [2.05, 4.69) is 13.8 Å². The predicted molar refractivity (Wildman–Crippen MR) is 192 cm³/mol. The molecule has 50 heavy (non-hydrogen) atoms. The van der Waals surface area contributed by atoms with Gasteiger partial charge in [-0.25, -0.2) is 0 Å². The van der Waals surface area contributed by atoms with Crippen molar-refractivity contribution in [2.45, 2.75) is 211 Å². The number of cyclic esters (lactones) is 1. The number of ether oxygens (including phenoxy) is 4. The first-order valence-corrected chi connectivity index (χ1v) is 20.3. The molecule has 1 saturated heterocycles. The molecule has 0 aromatic rings. The summed E-state index contributed by atoms with van der Waals surface area (Å²) in [5.74, 6) is -1.23. The topological polar surface area (TPSA) is 152 Å². The molecule has 0 amide bonds. The minimum atomic E-state index is -1.61. The van der Waals surface area contributed by atoms with Crippen LogP contribution in [0.4, 0.5) is 0 Å². The molecule has 2 aliphatic heterocycles. The molecular formula is C40H70O10. The smallest absolute Gasteiger partial charge is 0.306 e. The van der Waals surface area contributed by atoms with Gasteiger partial charge < -0.3 is 39.4 Å². The first kappa shape index (κ1) is 42.8. The molecule has 10 atom stereocenters. The second-order valence-corrected chi connectivity index (χ2v) is 15.0. The van der Waals surface area contributed by atoms with Gasteiger partial charge >= 0.3 is 11.9 Å². The number of allylic oxidation sites excluding steroid dienone is 1. The zero-order valence-electron chi connectivity index (χ0n) is 31.1. The molecule has 290 valence electrons. The van der Waals surface area contributed by atoms with E-state index in [0.29, 0.717) is 19.3 Å². The molecule has 10 unspecified atom stereocenters. The average molecular weight is 711 g/mol. The van der Waals surface area contributed by atoms with E-state index >= 15 is 0 Å². The van der Waals surface area contributed by atoms with Crippen LogP contribution in [-0.2, 0) is 28.5 Å². The molecule has 2 fully saturated rings. The number of aliphatic hydroxyl groups excluding tert-OH is 4. The van der Waals surface area contributed by atoms with Gasteiger partial charge in [0.05, 0.1) is 6.10 Å². The van der Waals surface area contributed by atoms with E-state index in [9.17, 15) is 30.0 Å². The number of esters is 2. The summed E-state index contributed by atoms with van der Waals surface area (Å²) >= 11 is 0. The van der Waals surface area contributed by atoms with Crippen molar-refractivity contribution in [1.29, 1.82) is 0 Å². The van der Waals surface area contributed by atoms with E-state index in [-0.39, 0.29) is 37.3 Å². The lowest BCUT2D eigenvalue weighted by molar-refractivity contribution is -0.324. The number of hydrogen-bond acceptors (Lipinski definition) is 10. The van der Waals surface area contributed by atoms with E-state index in [1.54, 1.807) is 0 Å². The molecule has 10 nitrogen and oxygen atoms in total. The fraction of sp³-hybridized carbons (Fsp3) is 0.900. The Bertz CT molecular complexity index is 958. The standard InChI is InChI=1S/C40H70O10/c1-3-5-7-8-9-10-11-12-13-14-15-16-22-26-35(43)50-39-30-24-20-17-18-21-25-34(42)47-28-33-36(44)37(45)38(46)40(49-33)48-32(39)27-31(41)29(30)23-19-6-4-2/h20,24,29-33,36-41,44-46H,3-19,21-23,25-28H2,1-2H3. The minimum absolute atomic E-state index is 0.155. The number of carbonyl (C=O) groups is 2. The number of carbonyl (C=O) groups excluding carboxylic acids is 2. The third-order valence-electron chi connectivity index (χ3n) is 10.8. The lowest BCUT2D eigenvalue weighted by Crippen LogP contribution is -2.61. The molecule has 4 bridgehead atoms. The molecular weight excluding hydrogens is 640 g/mol. The molecule has 1 aliphatic carbocycles. The lowest BCUT2D eigenvalue weighted by Gasteiger charge is -2.47. The van der Waals surface area contributed by atoms with Gasteiger partial charge in [0.2, 0.25) is 0 Å². The van der Waals surface area contributed by atoms with Crippen LogP contribution in [0, 0.1) is 11.8 Å². The van der Waals surface area contributed by atoms with E-state index in [1.165, 1.54) is 64.2 Å². The van der Waals surface area contributed by atoms with Crippen LogP contribution in [-0.4, -0.2) is 88.0 Å². The van der Waals surface area contributed by atoms with E-state index in [4.69, 9.17) is 18.9 Å². The van der Waals surface area contributed by atoms with Crippen molar-refractivity contribution in [3.05, 3.63) is 12.2 Å². The quantitative estimate of drug-likeness (QED) is 0.0638. The number of unbranched alkanes of at least 4 members (excludes halogenated alkanes) is 14. The Morgan fingerprint density at radius 3 is 2.02 bits per heavy atom. The van der Waals surface area contributed by atoms with Gasteiger partial charge in [0.1, 0.15) is 43.2 Å². The number of hydrogen-bond donors (Lipinski definition) is 4. The van der Waals surface area contributed by atoms with Crippen LogP contribution in [0.1, 0.15) is 162 Å². The molecule has 0 radical (unpaired) electrons. The van der Waals surface area contributed by atoms with Crippen LogP contribution in [0.2, 0.25) is 0 Å². The highest BCUT2D eigenvalue weighted by Crippen LogP contribution is 2.40. The van der Waals surface area contributed by atoms with Crippen LogP contribution in [0.3, 0.4) is 0 Å². The highest BCUT2D eigenvalue weighted by molar-refractivity contribution is 5.69. The largest absolute Gasteiger partial charge is 0.463 e. The Balaban J connectivity index is 1.65. The summed E-state index contributed by atoms with van der Waals surface area (Å²) in [6, 6.07) is 0. The number of rotatable bonds is 19. The third-order valence-corrected chi connectivity index (χ3v) is 10.8. The van der Waals surface area contributed by atoms with Gasteiger partial charge in [-0.2, -0.15) is 0 Å². The fourth-order valence-corrected chi connectivity index (χ4v) is 7.72. The van der Waals surface area contributed by atoms with Crippen LogP contribution in [0.25, 0.3) is 0 Å². The van der Waals surface area contributed by atoms with E-state index in [0.717, 1.165) is 51.4 Å². The van der Waals surface area contributed by atoms with Gasteiger partial charge in [-0.05, 0) is 38.0 Å². The van der Waals surface area contributed by atoms with E-state index < -0.39 is 55.0 Å². The summed E-state index contributed by atoms with van der Waals surface area (Å²) < 4.78 is 23.7. The van der Waals surface area contributed by atoms with Crippen LogP contribution >= 0.6 is 0 Å². The van der Waals surface area contributed by atoms with Gasteiger partial charge in [0.25, 0.3) is 0 Å². The monoisotopic (exact) mass is 710 g/mol. The summed E-state index contributed by atoms with van der Waals surface area (Å²) in [5.41, 5.74) is 0. The highest BCUT2D eigenvalue weighted by atomic mass is 16.7. The fourth-order valence-electron chi connectivity index (χ4n) is 7.72. The first-order valence-electron chi connectivity index (χ1n) is 20.3. The second kappa shape index (κ2) is 24.6. The summed E-state index contributed by atoms with van der Waals surface area (Å²) in [5, 5.41) is 43.6. The summed E-state index contributed by atoms with van der Waals surface area (Å²) in [6.07, 6.45) is 16.9. The maximum atomic E-state index is 13.4. The van der Waals surface area contributed by atoms with Gasteiger partial charge in [-0.3, -0.25) is 9.59 Å². The molecule has 1 saturated carbocycles. The van der Waals surface area contributed by atoms with Crippen LogP contribution < -0.4 is 0 Å². The Hall–Kier alpha value is -1.56. The van der Waals surface area contributed by atoms with Crippen LogP contribution in [0.15, 0.2) is 12.2 Å². The number of aliphatic hydroxyl groups is 4. The maximum absolute atomic E-state index is 13.4. The summed E-state index contributed by atoms with van der Waals surface area (Å²) in [7, 11) is 0. The van der Waals surface area contributed by atoms with Gasteiger partial charge in [0, 0.05) is 25.2 Å². The normalized spacial score (nSPS) is 32.4. The van der Waals surface area contributed by atoms with Crippen molar-refractivity contribution in [1.82, 2.24) is 0 Å². The molecule has 2 heterocycles. The number of fused-ring (bicyclic) bond motifs is 4. The first-order chi connectivity index (χ1) is 24.3. The highest BCUT2D eigenvalue weighted by Gasteiger charge is 2.50. The molecule has 0 aromatic carbocycles. The Morgan fingerprint density at radius 1 is 0.760 bits per heavy atom. The predicted octanol–water partition coefficient (Wildman–Crippen LogP) is 6.82. The van der Waals surface area contributed by atoms with Crippen molar-refractivity contribution in [2.24, 2.45) is 11.8 Å². The Kier molecular flexibility index (Phi) is 21.1. The molecule has 0 spiro atoms.